The summed E-state index contributed by atoms with van der Waals surface area (Å²) in [6.45, 7) is 3.11. The Kier molecular flexibility index (Phi) is 7.99. The van der Waals surface area contributed by atoms with Gasteiger partial charge in [0.2, 0.25) is 11.8 Å². The number of anilines is 1. The van der Waals surface area contributed by atoms with Crippen LogP contribution in [0, 0.1) is 0 Å². The molecule has 6 nitrogen and oxygen atoms in total. The van der Waals surface area contributed by atoms with E-state index in [0.717, 1.165) is 12.2 Å². The van der Waals surface area contributed by atoms with Gasteiger partial charge in [-0.3, -0.25) is 9.59 Å². The Bertz CT molecular complexity index is 474. The van der Waals surface area contributed by atoms with Crippen molar-refractivity contribution in [1.29, 1.82) is 0 Å². The van der Waals surface area contributed by atoms with Gasteiger partial charge >= 0.3 is 0 Å². The molecule has 0 heterocycles. The lowest BCUT2D eigenvalue weighted by atomic mass is 10.2. The highest BCUT2D eigenvalue weighted by atomic mass is 16.5. The zero-order valence-corrected chi connectivity index (χ0v) is 13.4. The van der Waals surface area contributed by atoms with Crippen LogP contribution in [0.2, 0.25) is 0 Å². The maximum atomic E-state index is 11.9. The summed E-state index contributed by atoms with van der Waals surface area (Å²) in [6, 6.07) is 7.11. The highest BCUT2D eigenvalue weighted by Crippen LogP contribution is 2.15. The molecule has 0 aliphatic heterocycles. The lowest BCUT2D eigenvalue weighted by Crippen LogP contribution is -2.33. The first-order chi connectivity index (χ1) is 10.6. The van der Waals surface area contributed by atoms with Crippen LogP contribution < -0.4 is 10.1 Å². The number of nitrogens with zero attached hydrogens (tertiary/aromatic N) is 1. The number of rotatable bonds is 9. The van der Waals surface area contributed by atoms with E-state index in [1.165, 1.54) is 6.92 Å². The van der Waals surface area contributed by atoms with E-state index in [9.17, 15) is 9.59 Å². The first kappa shape index (κ1) is 18.0. The van der Waals surface area contributed by atoms with Crippen molar-refractivity contribution in [2.75, 3.05) is 39.2 Å². The molecule has 0 saturated carbocycles. The van der Waals surface area contributed by atoms with Gasteiger partial charge in [-0.05, 0) is 30.7 Å². The molecule has 0 aliphatic carbocycles. The number of hydrogen-bond acceptors (Lipinski definition) is 4. The number of benzene rings is 1. The number of hydrogen-bond donors (Lipinski definition) is 1. The number of nitrogens with one attached hydrogen (secondary N) is 1. The van der Waals surface area contributed by atoms with Crippen LogP contribution in [-0.4, -0.2) is 50.6 Å². The molecule has 0 atom stereocenters. The number of ether oxygens (including phenoxy) is 2. The molecule has 22 heavy (non-hydrogen) atoms. The van der Waals surface area contributed by atoms with E-state index in [4.69, 9.17) is 9.47 Å². The van der Waals surface area contributed by atoms with Gasteiger partial charge in [0.15, 0.2) is 0 Å². The summed E-state index contributed by atoms with van der Waals surface area (Å²) < 4.78 is 10.0. The molecule has 122 valence electrons. The zero-order valence-electron chi connectivity index (χ0n) is 13.4. The molecule has 0 fully saturated rings. The molecule has 2 amide bonds. The first-order valence-corrected chi connectivity index (χ1v) is 7.25. The molecule has 1 aromatic rings. The summed E-state index contributed by atoms with van der Waals surface area (Å²) in [7, 11) is 3.22. The highest BCUT2D eigenvalue weighted by Gasteiger charge is 2.11. The maximum absolute atomic E-state index is 11.9. The van der Waals surface area contributed by atoms with Crippen molar-refractivity contribution < 1.29 is 19.1 Å². The van der Waals surface area contributed by atoms with E-state index >= 15 is 0 Å². The van der Waals surface area contributed by atoms with E-state index in [-0.39, 0.29) is 18.2 Å². The third-order valence-electron chi connectivity index (χ3n) is 3.20. The second-order valence-electron chi connectivity index (χ2n) is 4.88. The quantitative estimate of drug-likeness (QED) is 0.708. The fourth-order valence-electron chi connectivity index (χ4n) is 1.96. The Morgan fingerprint density at radius 2 is 1.82 bits per heavy atom. The van der Waals surface area contributed by atoms with E-state index in [1.807, 2.05) is 0 Å². The van der Waals surface area contributed by atoms with Crippen molar-refractivity contribution in [3.05, 3.63) is 24.3 Å². The molecule has 6 heteroatoms. The van der Waals surface area contributed by atoms with Crippen LogP contribution in [0.1, 0.15) is 19.8 Å². The smallest absolute Gasteiger partial charge is 0.226 e. The highest BCUT2D eigenvalue weighted by molar-refractivity contribution is 5.91. The fourth-order valence-corrected chi connectivity index (χ4v) is 1.96. The topological polar surface area (TPSA) is 67.9 Å². The van der Waals surface area contributed by atoms with E-state index < -0.39 is 0 Å². The summed E-state index contributed by atoms with van der Waals surface area (Å²) in [5.41, 5.74) is 0.708. The van der Waals surface area contributed by atoms with Crippen LogP contribution in [-0.2, 0) is 14.3 Å². The minimum Gasteiger partial charge on any atom is -0.497 e. The van der Waals surface area contributed by atoms with E-state index in [0.29, 0.717) is 25.4 Å². The van der Waals surface area contributed by atoms with Crippen molar-refractivity contribution in [2.45, 2.75) is 19.8 Å². The molecular weight excluding hydrogens is 284 g/mol. The van der Waals surface area contributed by atoms with Crippen LogP contribution in [0.5, 0.6) is 5.75 Å². The SMILES string of the molecule is COCCCN(CCC(=O)Nc1ccc(OC)cc1)C(C)=O. The fraction of sp³-hybridized carbons (Fsp3) is 0.500. The van der Waals surface area contributed by atoms with Gasteiger partial charge in [0.25, 0.3) is 0 Å². The van der Waals surface area contributed by atoms with Crippen LogP contribution >= 0.6 is 0 Å². The lowest BCUT2D eigenvalue weighted by Gasteiger charge is -2.20. The van der Waals surface area contributed by atoms with Gasteiger partial charge in [-0.1, -0.05) is 0 Å². The molecule has 0 radical (unpaired) electrons. The third kappa shape index (κ3) is 6.58. The molecule has 0 bridgehead atoms. The number of amides is 2. The largest absolute Gasteiger partial charge is 0.497 e. The summed E-state index contributed by atoms with van der Waals surface area (Å²) in [4.78, 5) is 25.1. The summed E-state index contributed by atoms with van der Waals surface area (Å²) >= 11 is 0. The van der Waals surface area contributed by atoms with Crippen molar-refractivity contribution in [1.82, 2.24) is 4.90 Å². The molecule has 0 unspecified atom stereocenters. The van der Waals surface area contributed by atoms with Crippen LogP contribution in [0.4, 0.5) is 5.69 Å². The number of methoxy groups -OCH3 is 2. The normalized spacial score (nSPS) is 10.1. The predicted molar refractivity (Wildman–Crippen MR) is 85.0 cm³/mol. The average Bonchev–Trinajstić information content (AvgIpc) is 2.51. The summed E-state index contributed by atoms with van der Waals surface area (Å²) in [5.74, 6) is 0.579. The minimum absolute atomic E-state index is 0.0339. The Morgan fingerprint density at radius 1 is 1.14 bits per heavy atom. The Hall–Kier alpha value is -2.08. The van der Waals surface area contributed by atoms with Crippen LogP contribution in [0.25, 0.3) is 0 Å². The second kappa shape index (κ2) is 9.78. The monoisotopic (exact) mass is 308 g/mol. The van der Waals surface area contributed by atoms with Gasteiger partial charge in [-0.25, -0.2) is 0 Å². The third-order valence-corrected chi connectivity index (χ3v) is 3.20. The molecule has 1 N–H and O–H groups in total. The molecule has 0 saturated heterocycles. The van der Waals surface area contributed by atoms with Gasteiger partial charge < -0.3 is 19.7 Å². The second-order valence-corrected chi connectivity index (χ2v) is 4.88. The van der Waals surface area contributed by atoms with Crippen molar-refractivity contribution >= 4 is 17.5 Å². The molecule has 1 rings (SSSR count). The molecule has 1 aromatic carbocycles. The molecule has 0 aromatic heterocycles. The van der Waals surface area contributed by atoms with Gasteiger partial charge in [0, 0.05) is 45.8 Å². The molecule has 0 spiro atoms. The van der Waals surface area contributed by atoms with E-state index in [2.05, 4.69) is 5.32 Å². The van der Waals surface area contributed by atoms with Gasteiger partial charge in [-0.2, -0.15) is 0 Å². The first-order valence-electron chi connectivity index (χ1n) is 7.25. The van der Waals surface area contributed by atoms with E-state index in [1.54, 1.807) is 43.4 Å². The molecular formula is C16H24N2O4. The number of carbonyl (C=O) groups excluding carboxylic acids is 2. The Balaban J connectivity index is 2.40. The van der Waals surface area contributed by atoms with Gasteiger partial charge in [-0.15, -0.1) is 0 Å². The summed E-state index contributed by atoms with van der Waals surface area (Å²) in [6.07, 6.45) is 1.02. The lowest BCUT2D eigenvalue weighted by molar-refractivity contribution is -0.129. The number of carbonyl (C=O) groups is 2. The van der Waals surface area contributed by atoms with Crippen LogP contribution in [0.3, 0.4) is 0 Å². The Labute approximate surface area is 131 Å². The Morgan fingerprint density at radius 3 is 2.36 bits per heavy atom. The van der Waals surface area contributed by atoms with Crippen molar-refractivity contribution in [3.63, 3.8) is 0 Å². The van der Waals surface area contributed by atoms with Crippen LogP contribution in [0.15, 0.2) is 24.3 Å². The minimum atomic E-state index is -0.122. The van der Waals surface area contributed by atoms with Gasteiger partial charge in [0.1, 0.15) is 5.75 Å². The molecule has 0 aliphatic rings. The maximum Gasteiger partial charge on any atom is 0.226 e. The van der Waals surface area contributed by atoms with Gasteiger partial charge in [0.05, 0.1) is 7.11 Å². The van der Waals surface area contributed by atoms with Crippen molar-refractivity contribution in [2.24, 2.45) is 0 Å². The summed E-state index contributed by atoms with van der Waals surface area (Å²) in [5, 5.41) is 2.80. The average molecular weight is 308 g/mol. The predicted octanol–water partition coefficient (Wildman–Crippen LogP) is 1.91. The van der Waals surface area contributed by atoms with Crippen molar-refractivity contribution in [3.8, 4) is 5.75 Å². The standard InChI is InChI=1S/C16H24N2O4/c1-13(19)18(10-4-12-21-2)11-9-16(20)17-14-5-7-15(22-3)8-6-14/h5-8H,4,9-12H2,1-3H3,(H,17,20). The zero-order chi connectivity index (χ0) is 16.4.